The van der Waals surface area contributed by atoms with Gasteiger partial charge in [-0.3, -0.25) is 22.5 Å². The molecular weight excluding hydrogens is 1070 g/mol. The van der Waals surface area contributed by atoms with Gasteiger partial charge in [0.05, 0.1) is 5.69 Å². The molecule has 6 aromatic carbocycles. The molecule has 0 amide bonds. The van der Waals surface area contributed by atoms with Gasteiger partial charge in [0.2, 0.25) is 11.7 Å². The summed E-state index contributed by atoms with van der Waals surface area (Å²) >= 11 is 0. The van der Waals surface area contributed by atoms with E-state index in [1.54, 1.807) is 10.8 Å². The molecule has 11 rings (SSSR count). The molecule has 2 aliphatic heterocycles. The van der Waals surface area contributed by atoms with Gasteiger partial charge in [0.15, 0.2) is 0 Å². The molecule has 0 spiro atoms. The van der Waals surface area contributed by atoms with Gasteiger partial charge < -0.3 is 9.97 Å². The minimum absolute atomic E-state index is 0. The zero-order chi connectivity index (χ0) is 58.5. The molecule has 0 saturated carbocycles. The van der Waals surface area contributed by atoms with Crippen molar-refractivity contribution in [3.63, 3.8) is 0 Å². The van der Waals surface area contributed by atoms with Crippen LogP contribution < -0.4 is 0 Å². The Morgan fingerprint density at radius 2 is 1.04 bits per heavy atom. The van der Waals surface area contributed by atoms with Gasteiger partial charge in [-0.2, -0.15) is 0 Å². The van der Waals surface area contributed by atoms with Crippen LogP contribution >= 0.6 is 0 Å². The number of azo groups is 2. The second kappa shape index (κ2) is 20.4. The van der Waals surface area contributed by atoms with Crippen LogP contribution in [-0.4, -0.2) is 19.6 Å². The summed E-state index contributed by atoms with van der Waals surface area (Å²) in [6, 6.07) is 42.2. The summed E-state index contributed by atoms with van der Waals surface area (Å²) < 4.78 is 172. The van der Waals surface area contributed by atoms with E-state index >= 15 is 0 Å². The molecule has 5 heterocycles. The minimum atomic E-state index is -3.30. The van der Waals surface area contributed by atoms with Gasteiger partial charge in [-0.15, -0.1) is 54.1 Å². The van der Waals surface area contributed by atoms with Crippen molar-refractivity contribution < 1.29 is 58.8 Å². The molecule has 0 bridgehead atoms. The zero-order valence-electron chi connectivity index (χ0n) is 49.2. The third kappa shape index (κ3) is 9.96. The van der Waals surface area contributed by atoms with E-state index in [2.05, 4.69) is 28.2 Å². The van der Waals surface area contributed by atoms with Crippen molar-refractivity contribution >= 4 is 11.4 Å². The summed E-state index contributed by atoms with van der Waals surface area (Å²) in [6.45, 7) is 1.94. The molecule has 5 nitrogen and oxygen atoms in total. The standard InChI is InChI=1S/C61H43F4N5.Ir/c1-38-59(47-21-19-46(20-22-47)45-7-3-2-4-8-45)69-70-58-32-44(37-68-60(58)50-9-5-6-10-51(50)61(38)70)16-15-43-30-41(13-11-39-17-27-56(66-35-39)52-25-23-48(62)33-54(52)64)29-42(31-43)14-12-40-18-28-57(67-36-40)53-26-24-49(63)34-55(53)65;/h2-8,10,17-24,27-37,61H,11-16H2,1H3;/q-2;+3/i11D2,12D2,13D2,14D2,15D2,16D2;. The normalized spacial score (nSPS) is 17.3. The number of halogens is 4. The van der Waals surface area contributed by atoms with Crippen molar-refractivity contribution in [3.8, 4) is 44.9 Å². The van der Waals surface area contributed by atoms with Gasteiger partial charge in [0.1, 0.15) is 5.70 Å². The van der Waals surface area contributed by atoms with Crippen molar-refractivity contribution in [1.29, 1.82) is 0 Å². The Balaban J connectivity index is 0.00000769. The zero-order valence-corrected chi connectivity index (χ0v) is 39.6. The van der Waals surface area contributed by atoms with Crippen LogP contribution in [0.25, 0.3) is 50.6 Å². The molecular formula is C61H43F4IrN5+. The number of pyridine rings is 3. The van der Waals surface area contributed by atoms with E-state index in [-0.39, 0.29) is 48.2 Å². The van der Waals surface area contributed by atoms with E-state index < -0.39 is 95.4 Å². The number of benzene rings is 6. The number of hydrogen-bond acceptors (Lipinski definition) is 4. The first-order valence-electron chi connectivity index (χ1n) is 28.0. The Morgan fingerprint density at radius 3 is 1.59 bits per heavy atom. The summed E-state index contributed by atoms with van der Waals surface area (Å²) in [4.78, 5) is 12.9. The Hall–Kier alpha value is -7.52. The number of aryl methyl sites for hydroxylation is 6. The topological polar surface area (TPSA) is 54.0 Å². The third-order valence-electron chi connectivity index (χ3n) is 11.8. The number of fused-ring (bicyclic) bond motifs is 6. The Morgan fingerprint density at radius 1 is 0.521 bits per heavy atom. The van der Waals surface area contributed by atoms with Crippen LogP contribution in [-0.2, 0) is 58.3 Å². The van der Waals surface area contributed by atoms with Crippen LogP contribution in [0.4, 0.5) is 23.2 Å². The number of nitrogens with zero attached hydrogens (tertiary/aromatic N) is 5. The van der Waals surface area contributed by atoms with E-state index in [1.807, 2.05) is 73.7 Å². The van der Waals surface area contributed by atoms with E-state index in [4.69, 9.17) is 10.1 Å². The number of aromatic nitrogens is 3. The van der Waals surface area contributed by atoms with E-state index in [9.17, 15) is 34.0 Å². The van der Waals surface area contributed by atoms with Crippen molar-refractivity contribution in [2.24, 2.45) is 5.11 Å². The largest absolute Gasteiger partial charge is 3.00 e. The van der Waals surface area contributed by atoms with Crippen molar-refractivity contribution in [2.75, 3.05) is 0 Å². The molecule has 0 saturated heterocycles. The molecule has 9 aromatic rings. The molecule has 1 unspecified atom stereocenters. The van der Waals surface area contributed by atoms with Gasteiger partial charge >= 0.3 is 20.1 Å². The van der Waals surface area contributed by atoms with Crippen LogP contribution in [0, 0.1) is 41.5 Å². The Bertz CT molecular complexity index is 3940. The molecule has 10 heteroatoms. The van der Waals surface area contributed by atoms with Crippen molar-refractivity contribution in [1.82, 2.24) is 15.0 Å². The molecule has 348 valence electrons. The number of hydrogen-bond donors (Lipinski definition) is 0. The van der Waals surface area contributed by atoms with Crippen molar-refractivity contribution in [3.05, 3.63) is 256 Å². The second-order valence-electron chi connectivity index (χ2n) is 16.4. The third-order valence-corrected chi connectivity index (χ3v) is 11.8. The smallest absolute Gasteiger partial charge is 0.304 e. The van der Waals surface area contributed by atoms with Gasteiger partial charge in [-0.05, 0) is 101 Å². The SMILES string of the molecule is [2H]C([2H])(c1ccc(-c2[c-]cc(F)cc2F)nc1)C([2H])([2H])c1cc(C([2H])([2H])C([2H])([2H])c2ccc(-c3[c-]cc(F)cc3F)nc2)cc(C([2H])([2H])C([2H])([2H])c2cnc3c(c2)[N+]2=NC(c4ccc(-c5ccccc5)cc4)=C(C)C2c2ccc[c-]c2-3)c1.[Ir+3]. The van der Waals surface area contributed by atoms with Crippen LogP contribution in [0.15, 0.2) is 175 Å². The first-order valence-corrected chi connectivity index (χ1v) is 22.0. The van der Waals surface area contributed by atoms with Crippen LogP contribution in [0.1, 0.15) is 73.9 Å². The maximum absolute atomic E-state index is 14.8. The quantitative estimate of drug-likeness (QED) is 0.0657. The first kappa shape index (κ1) is 34.7. The molecule has 3 aromatic heterocycles. The fourth-order valence-electron chi connectivity index (χ4n) is 8.41. The Kier molecular flexibility index (Phi) is 10.00. The van der Waals surface area contributed by atoms with Crippen LogP contribution in [0.3, 0.4) is 0 Å². The summed E-state index contributed by atoms with van der Waals surface area (Å²) in [6.07, 6.45) is -16.4. The molecule has 0 N–H and O–H groups in total. The first-order chi connectivity index (χ1) is 38.7. The molecule has 2 aliphatic rings. The fourth-order valence-corrected chi connectivity index (χ4v) is 8.41. The van der Waals surface area contributed by atoms with Crippen LogP contribution in [0.5, 0.6) is 0 Å². The Labute approximate surface area is 440 Å². The van der Waals surface area contributed by atoms with E-state index in [0.29, 0.717) is 34.8 Å². The van der Waals surface area contributed by atoms with E-state index in [1.165, 1.54) is 6.07 Å². The van der Waals surface area contributed by atoms with E-state index in [0.717, 1.165) is 101 Å². The maximum Gasteiger partial charge on any atom is 3.00 e. The number of rotatable bonds is 13. The summed E-state index contributed by atoms with van der Waals surface area (Å²) in [5.41, 5.74) is 2.25. The summed E-state index contributed by atoms with van der Waals surface area (Å²) in [5, 5.41) is 5.09. The second-order valence-corrected chi connectivity index (χ2v) is 16.4. The average molecular weight is 1130 g/mol. The minimum Gasteiger partial charge on any atom is -0.304 e. The monoisotopic (exact) mass is 1130 g/mol. The molecule has 0 aliphatic carbocycles. The molecule has 1 atom stereocenters. The summed E-state index contributed by atoms with van der Waals surface area (Å²) in [7, 11) is 0. The van der Waals surface area contributed by atoms with Gasteiger partial charge in [0.25, 0.3) is 0 Å². The molecule has 0 fully saturated rings. The average Bonchev–Trinajstić information content (AvgIpc) is 2.18. The molecule has 0 radical (unpaired) electrons. The molecule has 71 heavy (non-hydrogen) atoms. The summed E-state index contributed by atoms with van der Waals surface area (Å²) in [5.74, 6) is -3.86. The van der Waals surface area contributed by atoms with Gasteiger partial charge in [-0.25, -0.2) is 0 Å². The van der Waals surface area contributed by atoms with Gasteiger partial charge in [0, 0.05) is 80.6 Å². The fraction of sp³-hybridized carbons (Fsp3) is 0.131. The van der Waals surface area contributed by atoms with Gasteiger partial charge in [-0.1, -0.05) is 131 Å². The van der Waals surface area contributed by atoms with Crippen LogP contribution in [0.2, 0.25) is 0 Å². The predicted molar refractivity (Wildman–Crippen MR) is 264 cm³/mol. The maximum atomic E-state index is 14.8. The predicted octanol–water partition coefficient (Wildman–Crippen LogP) is 14.4. The van der Waals surface area contributed by atoms with Crippen molar-refractivity contribution in [2.45, 2.75) is 51.2 Å².